The first-order chi connectivity index (χ1) is 14.6. The summed E-state index contributed by atoms with van der Waals surface area (Å²) < 4.78 is 68.4. The van der Waals surface area contributed by atoms with Gasteiger partial charge in [0.1, 0.15) is 17.3 Å². The Hall–Kier alpha value is -3.26. The monoisotopic (exact) mass is 450 g/mol. The van der Waals surface area contributed by atoms with Crippen molar-refractivity contribution in [3.05, 3.63) is 98.7 Å². The molecule has 3 nitrogen and oxygen atoms in total. The number of nitrogens with zero attached hydrogens (tertiary/aromatic N) is 2. The second-order valence-corrected chi connectivity index (χ2v) is 7.25. The van der Waals surface area contributed by atoms with Crippen molar-refractivity contribution >= 4 is 22.5 Å². The summed E-state index contributed by atoms with van der Waals surface area (Å²) in [4.78, 5) is 13.0. The summed E-state index contributed by atoms with van der Waals surface area (Å²) in [7, 11) is 0. The van der Waals surface area contributed by atoms with Gasteiger partial charge in [-0.3, -0.25) is 9.48 Å². The van der Waals surface area contributed by atoms with Crippen molar-refractivity contribution in [2.45, 2.75) is 12.7 Å². The number of benzene rings is 3. The van der Waals surface area contributed by atoms with E-state index in [4.69, 9.17) is 11.6 Å². The first-order valence-corrected chi connectivity index (χ1v) is 9.33. The molecule has 4 aromatic rings. The van der Waals surface area contributed by atoms with Crippen LogP contribution in [0.15, 0.2) is 65.5 Å². The standard InChI is InChI=1S/C22H12ClF5N2O/c23-15-8-13(7-14(9-15)22(26,27)28)20-21(31)17-3-1-2-4-19(17)30(29-20)11-12-5-6-16(24)10-18(12)25/h1-10H,11H2. The fraction of sp³-hybridized carbons (Fsp3) is 0.0909. The van der Waals surface area contributed by atoms with Crippen LogP contribution in [0.4, 0.5) is 22.0 Å². The van der Waals surface area contributed by atoms with Gasteiger partial charge in [-0.1, -0.05) is 29.8 Å². The molecule has 4 rings (SSSR count). The third kappa shape index (κ3) is 4.16. The van der Waals surface area contributed by atoms with Gasteiger partial charge < -0.3 is 0 Å². The second-order valence-electron chi connectivity index (χ2n) is 6.81. The number of halogens is 6. The van der Waals surface area contributed by atoms with Crippen molar-refractivity contribution in [2.75, 3.05) is 0 Å². The van der Waals surface area contributed by atoms with Crippen molar-refractivity contribution in [2.24, 2.45) is 0 Å². The van der Waals surface area contributed by atoms with Gasteiger partial charge in [-0.25, -0.2) is 8.78 Å². The number of hydrogen-bond donors (Lipinski definition) is 0. The zero-order valence-corrected chi connectivity index (χ0v) is 16.3. The first kappa shape index (κ1) is 21.0. The molecule has 1 aromatic heterocycles. The fourth-order valence-electron chi connectivity index (χ4n) is 3.25. The van der Waals surface area contributed by atoms with Crippen molar-refractivity contribution in [1.29, 1.82) is 0 Å². The molecular weight excluding hydrogens is 439 g/mol. The van der Waals surface area contributed by atoms with Crippen LogP contribution in [-0.4, -0.2) is 9.78 Å². The Labute approximate surface area is 177 Å². The highest BCUT2D eigenvalue weighted by atomic mass is 35.5. The van der Waals surface area contributed by atoms with Gasteiger partial charge in [-0.15, -0.1) is 0 Å². The van der Waals surface area contributed by atoms with E-state index in [9.17, 15) is 26.7 Å². The average Bonchev–Trinajstić information content (AvgIpc) is 2.71. The van der Waals surface area contributed by atoms with Crippen LogP contribution in [0.5, 0.6) is 0 Å². The minimum absolute atomic E-state index is 0.0933. The number of fused-ring (bicyclic) bond motifs is 1. The summed E-state index contributed by atoms with van der Waals surface area (Å²) in [6.45, 7) is -0.174. The lowest BCUT2D eigenvalue weighted by Crippen LogP contribution is -2.18. The van der Waals surface area contributed by atoms with E-state index in [0.717, 1.165) is 18.2 Å². The molecule has 158 valence electrons. The molecule has 9 heteroatoms. The number of rotatable bonds is 3. The maximum atomic E-state index is 14.2. The van der Waals surface area contributed by atoms with Crippen LogP contribution >= 0.6 is 11.6 Å². The average molecular weight is 451 g/mol. The smallest absolute Gasteiger partial charge is 0.287 e. The quantitative estimate of drug-likeness (QED) is 0.355. The van der Waals surface area contributed by atoms with Gasteiger partial charge in [0, 0.05) is 27.6 Å². The Balaban J connectivity index is 1.95. The molecule has 0 radical (unpaired) electrons. The van der Waals surface area contributed by atoms with E-state index in [1.165, 1.54) is 22.9 Å². The van der Waals surface area contributed by atoms with E-state index in [2.05, 4.69) is 5.10 Å². The number of para-hydroxylation sites is 1. The molecule has 0 saturated heterocycles. The van der Waals surface area contributed by atoms with Gasteiger partial charge in [0.2, 0.25) is 5.43 Å². The maximum Gasteiger partial charge on any atom is 0.416 e. The molecular formula is C22H12ClF5N2O. The van der Waals surface area contributed by atoms with E-state index in [1.807, 2.05) is 0 Å². The minimum Gasteiger partial charge on any atom is -0.287 e. The first-order valence-electron chi connectivity index (χ1n) is 8.95. The number of alkyl halides is 3. The molecule has 1 heterocycles. The Morgan fingerprint density at radius 3 is 2.42 bits per heavy atom. The predicted octanol–water partition coefficient (Wildman–Crippen LogP) is 6.06. The topological polar surface area (TPSA) is 34.9 Å². The lowest BCUT2D eigenvalue weighted by atomic mass is 10.1. The van der Waals surface area contributed by atoms with E-state index in [1.54, 1.807) is 18.2 Å². The van der Waals surface area contributed by atoms with E-state index < -0.39 is 28.8 Å². The fourth-order valence-corrected chi connectivity index (χ4v) is 3.48. The van der Waals surface area contributed by atoms with Crippen molar-refractivity contribution in [1.82, 2.24) is 9.78 Å². The molecule has 0 N–H and O–H groups in total. The molecule has 0 aliphatic rings. The minimum atomic E-state index is -4.67. The largest absolute Gasteiger partial charge is 0.416 e. The highest BCUT2D eigenvalue weighted by molar-refractivity contribution is 6.31. The van der Waals surface area contributed by atoms with Crippen LogP contribution in [-0.2, 0) is 12.7 Å². The van der Waals surface area contributed by atoms with Crippen LogP contribution in [0.1, 0.15) is 11.1 Å². The van der Waals surface area contributed by atoms with Crippen molar-refractivity contribution in [3.8, 4) is 11.3 Å². The van der Waals surface area contributed by atoms with Crippen LogP contribution in [0.2, 0.25) is 5.02 Å². The molecule has 0 unspecified atom stereocenters. The third-order valence-electron chi connectivity index (χ3n) is 4.70. The molecule has 31 heavy (non-hydrogen) atoms. The number of hydrogen-bond acceptors (Lipinski definition) is 2. The van der Waals surface area contributed by atoms with Crippen LogP contribution in [0, 0.1) is 11.6 Å². The summed E-state index contributed by atoms with van der Waals surface area (Å²) in [5.74, 6) is -1.56. The Morgan fingerprint density at radius 1 is 0.968 bits per heavy atom. The van der Waals surface area contributed by atoms with Gasteiger partial charge in [-0.2, -0.15) is 18.3 Å². The SMILES string of the molecule is O=c1c(-c2cc(Cl)cc(C(F)(F)F)c2)nn(Cc2ccc(F)cc2F)c2ccccc12. The molecule has 3 aromatic carbocycles. The summed E-state index contributed by atoms with van der Waals surface area (Å²) in [6.07, 6.45) is -4.67. The molecule has 0 aliphatic carbocycles. The molecule has 0 amide bonds. The predicted molar refractivity (Wildman–Crippen MR) is 107 cm³/mol. The Bertz CT molecular complexity index is 1360. The van der Waals surface area contributed by atoms with Gasteiger partial charge >= 0.3 is 6.18 Å². The van der Waals surface area contributed by atoms with E-state index >= 15 is 0 Å². The Morgan fingerprint density at radius 2 is 1.71 bits per heavy atom. The summed E-state index contributed by atoms with van der Waals surface area (Å²) in [5, 5.41) is 4.18. The zero-order valence-electron chi connectivity index (χ0n) is 15.6. The van der Waals surface area contributed by atoms with E-state index in [0.29, 0.717) is 11.6 Å². The van der Waals surface area contributed by atoms with Crippen LogP contribution in [0.3, 0.4) is 0 Å². The van der Waals surface area contributed by atoms with E-state index in [-0.39, 0.29) is 33.8 Å². The van der Waals surface area contributed by atoms with Crippen LogP contribution < -0.4 is 5.43 Å². The highest BCUT2D eigenvalue weighted by Crippen LogP contribution is 2.34. The third-order valence-corrected chi connectivity index (χ3v) is 4.91. The van der Waals surface area contributed by atoms with Gasteiger partial charge in [0.25, 0.3) is 0 Å². The normalized spacial score (nSPS) is 11.8. The molecule has 0 spiro atoms. The molecule has 0 saturated carbocycles. The molecule has 0 atom stereocenters. The van der Waals surface area contributed by atoms with Gasteiger partial charge in [-0.05, 0) is 36.4 Å². The number of aromatic nitrogens is 2. The zero-order chi connectivity index (χ0) is 22.3. The van der Waals surface area contributed by atoms with Crippen LogP contribution in [0.25, 0.3) is 22.2 Å². The van der Waals surface area contributed by atoms with Gasteiger partial charge in [0.05, 0.1) is 17.6 Å². The molecule has 0 bridgehead atoms. The van der Waals surface area contributed by atoms with Gasteiger partial charge in [0.15, 0.2) is 0 Å². The summed E-state index contributed by atoms with van der Waals surface area (Å²) in [6, 6.07) is 12.1. The highest BCUT2D eigenvalue weighted by Gasteiger charge is 2.31. The van der Waals surface area contributed by atoms with Crippen molar-refractivity contribution < 1.29 is 22.0 Å². The lowest BCUT2D eigenvalue weighted by Gasteiger charge is -2.14. The lowest BCUT2D eigenvalue weighted by molar-refractivity contribution is -0.137. The molecule has 0 aliphatic heterocycles. The second kappa shape index (κ2) is 7.77. The summed E-state index contributed by atoms with van der Waals surface area (Å²) >= 11 is 5.86. The molecule has 0 fully saturated rings. The van der Waals surface area contributed by atoms with Crippen molar-refractivity contribution in [3.63, 3.8) is 0 Å². The summed E-state index contributed by atoms with van der Waals surface area (Å²) in [5.41, 5.74) is -1.57. The maximum absolute atomic E-state index is 14.2. The Kier molecular flexibility index (Phi) is 5.26.